The normalized spacial score (nSPS) is 28.9. The zero-order valence-electron chi connectivity index (χ0n) is 89.8. The molecule has 787 valence electrons. The maximum absolute atomic E-state index is 12.8. The van der Waals surface area contributed by atoms with E-state index in [1.54, 1.807) is 36.0 Å². The van der Waals surface area contributed by atoms with Crippen LogP contribution in [0.15, 0.2) is 206 Å². The van der Waals surface area contributed by atoms with Crippen LogP contribution in [0.4, 0.5) is 39.8 Å². The van der Waals surface area contributed by atoms with E-state index in [1.165, 1.54) is 167 Å². The standard InChI is InChI=1S/C23H22N3O.2C14H16NO2.C14H19N.2C14H18N.C8H14O2.C8H8O2.C8H16O.C8H14O.5Ac/c27-22(26-18-13-17-5-1-3-7-20(17)24-14-18)16-9-11-23(12-10-16)15-25-21-8-4-2-6-19(21)23;2*16-13(17)10-5-7-14(8-6-10)9-15-12-4-2-1-3-11(12)14;3*1-11-6-8-14(9-7-11)10-15-13-5-3-2-4-12(13)14;2*1-6-2-4-7(5-3-6)8(9)10;2*1-7-2-4-8(6-9)5-3-7;;;;;/h1-8,13-14,16H,9-12,15H2,(H,26,27);2*1-4,10H,5-9H2,(H,16,17);2-5,11,15H,6-10H2,1H3;2*2-5,11H,6-10H2,1H3;6-7H,2-5H2,1H3,(H,9,10);2-5H,1H3,(H,9,10);7-9H,2-6H2,1H3;6-8H,2-5H2,1H3;;;;;/q3*-1;;2*-1;;;;;;;;;. The number of nitrogens with zero attached hydrogens (tertiary/aromatic N) is 6. The van der Waals surface area contributed by atoms with Gasteiger partial charge in [0.25, 0.3) is 0 Å². The van der Waals surface area contributed by atoms with Gasteiger partial charge in [0, 0.05) is 262 Å². The Morgan fingerprint density at radius 1 is 0.349 bits per heavy atom. The van der Waals surface area contributed by atoms with Gasteiger partial charge in [0.2, 0.25) is 5.91 Å². The molecule has 24 heteroatoms. The Hall–Kier alpha value is -3.84. The van der Waals surface area contributed by atoms with E-state index in [2.05, 4.69) is 201 Å². The van der Waals surface area contributed by atoms with Crippen molar-refractivity contribution in [1.29, 1.82) is 0 Å². The first-order valence-corrected chi connectivity index (χ1v) is 55.0. The number of aldehydes is 1. The second-order valence-electron chi connectivity index (χ2n) is 46.1. The van der Waals surface area contributed by atoms with Gasteiger partial charge in [0.1, 0.15) is 6.29 Å². The first kappa shape index (κ1) is 127. The van der Waals surface area contributed by atoms with E-state index < -0.39 is 23.9 Å². The molecule has 1 amide bonds. The third-order valence-corrected chi connectivity index (χ3v) is 36.0. The fourth-order valence-corrected chi connectivity index (χ4v) is 25.7. The van der Waals surface area contributed by atoms with Crippen LogP contribution in [0.1, 0.15) is 322 Å². The van der Waals surface area contributed by atoms with Crippen LogP contribution in [0, 0.1) is 298 Å². The number of nitrogens with one attached hydrogen (secondary N) is 2. The minimum Gasteiger partial charge on any atom is -0.683 e. The molecular weight excluding hydrogens is 2920 g/mol. The van der Waals surface area contributed by atoms with Gasteiger partial charge < -0.3 is 67.5 Å². The van der Waals surface area contributed by atoms with Crippen molar-refractivity contribution >= 4 is 86.8 Å². The molecule has 9 fully saturated rings. The molecule has 9 aliphatic carbocycles. The monoisotopic (exact) mass is 3090 g/mol. The number of benzene rings is 8. The Kier molecular flexibility index (Phi) is 51.9. The van der Waals surface area contributed by atoms with Crippen molar-refractivity contribution in [2.45, 2.75) is 312 Å². The van der Waals surface area contributed by atoms with Gasteiger partial charge in [-0.05, 0) is 317 Å². The molecule has 6 aliphatic heterocycles. The number of aliphatic hydroxyl groups excluding tert-OH is 1. The minimum absolute atomic E-state index is 0. The molecule has 0 saturated heterocycles. The van der Waals surface area contributed by atoms with E-state index >= 15 is 0 Å². The number of anilines is 2. The summed E-state index contributed by atoms with van der Waals surface area (Å²) in [4.78, 5) is 70.2. The minimum atomic E-state index is -0.875. The van der Waals surface area contributed by atoms with E-state index in [-0.39, 0.29) is 266 Å². The van der Waals surface area contributed by atoms with Crippen LogP contribution in [0.3, 0.4) is 0 Å². The number of pyridine rings is 1. The number of carboxylic acids is 4. The molecule has 7 N–H and O–H groups in total. The van der Waals surface area contributed by atoms with Crippen molar-refractivity contribution in [3.05, 3.63) is 277 Å². The van der Waals surface area contributed by atoms with Crippen LogP contribution >= 0.6 is 0 Å². The summed E-state index contributed by atoms with van der Waals surface area (Å²) in [6.45, 7) is 22.0. The Bertz CT molecular complexity index is 5440. The fraction of sp³-hybridized carbons (Fsp3) is 0.544. The second kappa shape index (κ2) is 61.0. The molecule has 19 nitrogen and oxygen atoms in total. The summed E-state index contributed by atoms with van der Waals surface area (Å²) in [7, 11) is 0. The molecule has 9 aromatic rings. The van der Waals surface area contributed by atoms with Crippen molar-refractivity contribution in [1.82, 2.24) is 4.98 Å². The van der Waals surface area contributed by atoms with Crippen LogP contribution in [0.5, 0.6) is 0 Å². The second-order valence-corrected chi connectivity index (χ2v) is 46.1. The number of aromatic nitrogens is 1. The largest absolute Gasteiger partial charge is 0.683 e. The predicted octanol–water partition coefficient (Wildman–Crippen LogP) is 31.0. The first-order chi connectivity index (χ1) is 69.6. The molecule has 0 bridgehead atoms. The van der Waals surface area contributed by atoms with E-state index in [0.717, 1.165) is 229 Å². The molecule has 15 aliphatic rings. The van der Waals surface area contributed by atoms with Gasteiger partial charge in [0.15, 0.2) is 0 Å². The number of carboxylic acid groups (broad SMARTS) is 4. The number of carbonyl (C=O) groups is 6. The van der Waals surface area contributed by atoms with E-state index in [0.29, 0.717) is 40.3 Å². The summed E-state index contributed by atoms with van der Waals surface area (Å²) >= 11 is 0. The Morgan fingerprint density at radius 3 is 0.993 bits per heavy atom. The summed E-state index contributed by atoms with van der Waals surface area (Å²) in [6.07, 6.45) is 44.1. The molecule has 24 rings (SSSR count). The number of hydrogen-bond donors (Lipinski definition) is 7. The SMILES string of the molecule is CC1CCC(C(=O)O)CC1.CC1CCC(C=O)CC1.CC1CCC(CO)CC1.CC1CCC2(CC1)CNc1ccccc12.CC1CCC2(CC1)C[N-]c1ccccc12.CC1CCC2(CC1)C[N-]c1ccccc12.Cc1ccc(C(=O)O)cc1.O=C(Nc1cnc2ccccc2c1)C1CCC2(CC1)C[N-]c1ccccc12.O=C(O)C1CCC2(CC1)C[N-]c1ccccc12.O=C(O)C1CCC2(CC1)C[N-]c1ccccc12.[Ac].[Ac].[Ac].[Ac].[Ac]. The van der Waals surface area contributed by atoms with Crippen LogP contribution < -0.4 is 10.6 Å². The van der Waals surface area contributed by atoms with Gasteiger partial charge in [0.05, 0.1) is 40.7 Å². The van der Waals surface area contributed by atoms with E-state index in [1.807, 2.05) is 49.4 Å². The summed E-state index contributed by atoms with van der Waals surface area (Å²) in [5.41, 5.74) is 20.8. The zero-order chi connectivity index (χ0) is 101. The summed E-state index contributed by atoms with van der Waals surface area (Å²) in [5, 5.41) is 75.0. The summed E-state index contributed by atoms with van der Waals surface area (Å²) < 4.78 is 0. The third kappa shape index (κ3) is 33.7. The van der Waals surface area contributed by atoms with Gasteiger partial charge in [-0.25, -0.2) is 4.79 Å². The van der Waals surface area contributed by atoms with Gasteiger partial charge in [-0.15, -0.1) is 61.2 Å². The maximum Gasteiger partial charge on any atom is 0.335 e. The average molecular weight is 3090 g/mol. The molecule has 1 aromatic heterocycles. The van der Waals surface area contributed by atoms with Crippen LogP contribution in [-0.4, -0.2) is 112 Å². The van der Waals surface area contributed by atoms with Crippen LogP contribution in [0.25, 0.3) is 37.5 Å². The zero-order valence-corrected chi connectivity index (χ0v) is 114. The first-order valence-electron chi connectivity index (χ1n) is 55.0. The Balaban J connectivity index is 0.000000172. The molecule has 5 radical (unpaired) electrons. The molecular formula is C125H161Ac5N8O11-5. The third-order valence-electron chi connectivity index (χ3n) is 36.0. The van der Waals surface area contributed by atoms with Gasteiger partial charge >= 0.3 is 23.9 Å². The van der Waals surface area contributed by atoms with Crippen molar-refractivity contribution in [2.75, 3.05) is 56.5 Å². The number of carbonyl (C=O) groups excluding carboxylic acids is 2. The number of aliphatic hydroxyl groups is 1. The van der Waals surface area contributed by atoms with Crippen molar-refractivity contribution in [3.8, 4) is 0 Å². The Morgan fingerprint density at radius 2 is 0.644 bits per heavy atom. The quantitative estimate of drug-likeness (QED) is 0.0697. The van der Waals surface area contributed by atoms with Gasteiger partial charge in [-0.1, -0.05) is 270 Å². The number of hydrogen-bond acceptors (Lipinski definition) is 9. The molecule has 9 saturated carbocycles. The molecule has 7 heterocycles. The van der Waals surface area contributed by atoms with Gasteiger partial charge in [-0.2, -0.15) is 0 Å². The molecule has 149 heavy (non-hydrogen) atoms. The van der Waals surface area contributed by atoms with Crippen LogP contribution in [-0.2, 0) is 56.5 Å². The summed E-state index contributed by atoms with van der Waals surface area (Å²) in [5.74, 6) is 3.40. The molecule has 6 spiro atoms. The van der Waals surface area contributed by atoms with Crippen LogP contribution in [0.2, 0.25) is 0 Å². The molecule has 0 unspecified atom stereocenters. The number of aromatic carboxylic acids is 1. The number of aryl methyl sites for hydroxylation is 1. The van der Waals surface area contributed by atoms with E-state index in [4.69, 9.17) is 41.5 Å². The average Bonchev–Trinajstić information content (AvgIpc) is 1.64. The van der Waals surface area contributed by atoms with Crippen molar-refractivity contribution in [2.24, 2.45) is 71.0 Å². The number of aliphatic carboxylic acids is 3. The van der Waals surface area contributed by atoms with Crippen molar-refractivity contribution in [3.63, 3.8) is 0 Å². The predicted molar refractivity (Wildman–Crippen MR) is 583 cm³/mol. The number of fused-ring (bicyclic) bond motifs is 13. The Labute approximate surface area is 1070 Å². The van der Waals surface area contributed by atoms with Crippen molar-refractivity contribution < 1.29 is 275 Å². The number of para-hydroxylation sites is 7. The smallest absolute Gasteiger partial charge is 0.335 e. The van der Waals surface area contributed by atoms with Gasteiger partial charge in [-0.3, -0.25) is 24.2 Å². The molecule has 0 atom stereocenters. The topological polar surface area (TPSA) is 311 Å². The number of rotatable bonds is 8. The fourth-order valence-electron chi connectivity index (χ4n) is 25.7. The van der Waals surface area contributed by atoms with E-state index in [9.17, 15) is 28.8 Å². The molecule has 8 aromatic carbocycles. The summed E-state index contributed by atoms with van der Waals surface area (Å²) in [6, 6.07) is 68.1. The maximum atomic E-state index is 12.8. The number of amides is 1.